The molecular weight excluding hydrogens is 385 g/mol. The number of benzene rings is 1. The van der Waals surface area contributed by atoms with Gasteiger partial charge in [-0.15, -0.1) is 0 Å². The van der Waals surface area contributed by atoms with Gasteiger partial charge in [0.05, 0.1) is 21.6 Å². The maximum atomic E-state index is 15.1. The van der Waals surface area contributed by atoms with Crippen LogP contribution < -0.4 is 15.6 Å². The average Bonchev–Trinajstić information content (AvgIpc) is 3.41. The van der Waals surface area contributed by atoms with Gasteiger partial charge in [-0.1, -0.05) is 11.6 Å². The van der Waals surface area contributed by atoms with Crippen molar-refractivity contribution in [1.29, 1.82) is 0 Å². The third kappa shape index (κ3) is 2.71. The normalized spacial score (nSPS) is 24.6. The minimum atomic E-state index is -1.31. The molecule has 28 heavy (non-hydrogen) atoms. The molecule has 1 saturated carbocycles. The molecule has 1 aromatic carbocycles. The van der Waals surface area contributed by atoms with Gasteiger partial charge < -0.3 is 19.9 Å². The second kappa shape index (κ2) is 6.46. The number of nitrogens with one attached hydrogen (secondary N) is 1. The Hall–Kier alpha value is -2.12. The van der Waals surface area contributed by atoms with E-state index < -0.39 is 17.2 Å². The Labute approximate surface area is 165 Å². The van der Waals surface area contributed by atoms with Gasteiger partial charge in [-0.25, -0.2) is 9.18 Å². The highest BCUT2D eigenvalue weighted by molar-refractivity contribution is 6.38. The van der Waals surface area contributed by atoms with Gasteiger partial charge in [0.1, 0.15) is 11.4 Å². The number of piperidine rings is 1. The molecule has 2 atom stereocenters. The Morgan fingerprint density at radius 2 is 2.07 bits per heavy atom. The van der Waals surface area contributed by atoms with E-state index in [1.807, 2.05) is 4.90 Å². The number of carboxylic acid groups (broad SMARTS) is 1. The van der Waals surface area contributed by atoms with E-state index in [9.17, 15) is 14.7 Å². The summed E-state index contributed by atoms with van der Waals surface area (Å²) in [4.78, 5) is 26.1. The molecule has 0 radical (unpaired) electrons. The lowest BCUT2D eigenvalue weighted by Gasteiger charge is -2.24. The first-order valence-electron chi connectivity index (χ1n) is 9.74. The van der Waals surface area contributed by atoms with Gasteiger partial charge in [0.15, 0.2) is 0 Å². The second-order valence-corrected chi connectivity index (χ2v) is 8.48. The molecule has 0 bridgehead atoms. The van der Waals surface area contributed by atoms with Crippen molar-refractivity contribution in [2.75, 3.05) is 24.5 Å². The van der Waals surface area contributed by atoms with Crippen molar-refractivity contribution in [3.05, 3.63) is 38.9 Å². The lowest BCUT2D eigenvalue weighted by atomic mass is 9.94. The van der Waals surface area contributed by atoms with E-state index in [0.29, 0.717) is 29.7 Å². The molecule has 2 aliphatic heterocycles. The maximum absolute atomic E-state index is 15.1. The first kappa shape index (κ1) is 17.9. The number of aromatic carboxylic acids is 1. The Morgan fingerprint density at radius 1 is 1.29 bits per heavy atom. The van der Waals surface area contributed by atoms with E-state index >= 15 is 4.39 Å². The van der Waals surface area contributed by atoms with Crippen molar-refractivity contribution in [3.8, 4) is 0 Å². The van der Waals surface area contributed by atoms with E-state index in [4.69, 9.17) is 11.6 Å². The van der Waals surface area contributed by atoms with Gasteiger partial charge in [-0.3, -0.25) is 4.79 Å². The molecule has 0 amide bonds. The van der Waals surface area contributed by atoms with Crippen LogP contribution in [0.2, 0.25) is 5.02 Å². The fourth-order valence-corrected chi connectivity index (χ4v) is 5.15. The van der Waals surface area contributed by atoms with Crippen LogP contribution in [0.3, 0.4) is 0 Å². The number of anilines is 1. The van der Waals surface area contributed by atoms with Crippen molar-refractivity contribution >= 4 is 34.2 Å². The lowest BCUT2D eigenvalue weighted by molar-refractivity contribution is 0.0695. The number of carbonyl (C=O) groups is 1. The summed E-state index contributed by atoms with van der Waals surface area (Å²) in [6.07, 6.45) is 5.36. The van der Waals surface area contributed by atoms with Gasteiger partial charge in [-0.05, 0) is 44.2 Å². The van der Waals surface area contributed by atoms with Gasteiger partial charge in [-0.2, -0.15) is 0 Å². The standard InChI is InChI=1S/C20H21ClFN3O3/c21-16-17-12(19(26)13(20(27)28)8-25(17)11-3-4-11)6-14(22)18(16)24-7-10-2-1-5-23-15(10)9-24/h6,8,10-11,15,23H,1-5,7,9H2,(H,27,28). The number of carboxylic acids is 1. The van der Waals surface area contributed by atoms with Crippen molar-refractivity contribution < 1.29 is 14.3 Å². The largest absolute Gasteiger partial charge is 0.477 e. The monoisotopic (exact) mass is 405 g/mol. The molecule has 2 N–H and O–H groups in total. The van der Waals surface area contributed by atoms with Gasteiger partial charge in [0.2, 0.25) is 5.43 Å². The van der Waals surface area contributed by atoms with Crippen molar-refractivity contribution in [2.24, 2.45) is 5.92 Å². The van der Waals surface area contributed by atoms with E-state index in [0.717, 1.165) is 38.8 Å². The second-order valence-electron chi connectivity index (χ2n) is 8.10. The SMILES string of the molecule is O=C(O)c1cn(C2CC2)c2c(Cl)c(N3CC4CCCNC4C3)c(F)cc2c1=O. The van der Waals surface area contributed by atoms with Crippen LogP contribution in [0.4, 0.5) is 10.1 Å². The van der Waals surface area contributed by atoms with Gasteiger partial charge in [0.25, 0.3) is 0 Å². The summed E-state index contributed by atoms with van der Waals surface area (Å²) in [5, 5.41) is 13.1. The van der Waals surface area contributed by atoms with Crippen molar-refractivity contribution in [3.63, 3.8) is 0 Å². The fourth-order valence-electron chi connectivity index (χ4n) is 4.74. The van der Waals surface area contributed by atoms with Crippen LogP contribution in [0.5, 0.6) is 0 Å². The highest BCUT2D eigenvalue weighted by Crippen LogP contribution is 2.43. The molecule has 2 aromatic rings. The van der Waals surface area contributed by atoms with Crippen LogP contribution in [0, 0.1) is 11.7 Å². The number of pyridine rings is 1. The minimum absolute atomic E-state index is 0.0350. The predicted molar refractivity (Wildman–Crippen MR) is 105 cm³/mol. The number of fused-ring (bicyclic) bond motifs is 2. The summed E-state index contributed by atoms with van der Waals surface area (Å²) in [5.74, 6) is -1.42. The maximum Gasteiger partial charge on any atom is 0.341 e. The van der Waals surface area contributed by atoms with Crippen LogP contribution >= 0.6 is 11.6 Å². The molecule has 3 heterocycles. The van der Waals surface area contributed by atoms with Crippen LogP contribution in [-0.2, 0) is 0 Å². The lowest BCUT2D eigenvalue weighted by Crippen LogP contribution is -2.40. The van der Waals surface area contributed by atoms with Crippen LogP contribution in [0.15, 0.2) is 17.1 Å². The molecule has 148 valence electrons. The molecule has 2 saturated heterocycles. The summed E-state index contributed by atoms with van der Waals surface area (Å²) >= 11 is 6.70. The number of rotatable bonds is 3. The molecule has 5 rings (SSSR count). The minimum Gasteiger partial charge on any atom is -0.477 e. The van der Waals surface area contributed by atoms with E-state index in [1.54, 1.807) is 4.57 Å². The van der Waals surface area contributed by atoms with E-state index in [2.05, 4.69) is 5.32 Å². The summed E-state index contributed by atoms with van der Waals surface area (Å²) in [6, 6.07) is 1.58. The molecule has 0 spiro atoms. The predicted octanol–water partition coefficient (Wildman–Crippen LogP) is 3.02. The topological polar surface area (TPSA) is 74.6 Å². The summed E-state index contributed by atoms with van der Waals surface area (Å²) in [7, 11) is 0. The fraction of sp³-hybridized carbons (Fsp3) is 0.500. The van der Waals surface area contributed by atoms with E-state index in [-0.39, 0.29) is 22.0 Å². The van der Waals surface area contributed by atoms with Gasteiger partial charge in [0, 0.05) is 31.4 Å². The summed E-state index contributed by atoms with van der Waals surface area (Å²) in [5.41, 5.74) is -0.275. The Bertz CT molecular complexity index is 1040. The molecule has 1 aromatic heterocycles. The third-order valence-electron chi connectivity index (χ3n) is 6.27. The first-order valence-corrected chi connectivity index (χ1v) is 10.1. The Balaban J connectivity index is 1.70. The number of aromatic nitrogens is 1. The molecule has 8 heteroatoms. The Morgan fingerprint density at radius 3 is 2.75 bits per heavy atom. The highest BCUT2D eigenvalue weighted by Gasteiger charge is 2.37. The van der Waals surface area contributed by atoms with E-state index in [1.165, 1.54) is 12.3 Å². The number of nitrogens with zero attached hydrogens (tertiary/aromatic N) is 2. The van der Waals surface area contributed by atoms with Crippen LogP contribution in [0.25, 0.3) is 10.9 Å². The van der Waals surface area contributed by atoms with Gasteiger partial charge >= 0.3 is 5.97 Å². The molecule has 1 aliphatic carbocycles. The number of hydrogen-bond donors (Lipinski definition) is 2. The zero-order valence-corrected chi connectivity index (χ0v) is 16.0. The third-order valence-corrected chi connectivity index (χ3v) is 6.63. The number of hydrogen-bond acceptors (Lipinski definition) is 4. The smallest absolute Gasteiger partial charge is 0.341 e. The van der Waals surface area contributed by atoms with Crippen molar-refractivity contribution in [2.45, 2.75) is 37.8 Å². The zero-order valence-electron chi connectivity index (χ0n) is 15.3. The Kier molecular flexibility index (Phi) is 4.14. The first-order chi connectivity index (χ1) is 13.5. The molecule has 3 fully saturated rings. The average molecular weight is 406 g/mol. The highest BCUT2D eigenvalue weighted by atomic mass is 35.5. The van der Waals surface area contributed by atoms with Crippen molar-refractivity contribution in [1.82, 2.24) is 9.88 Å². The molecule has 6 nitrogen and oxygen atoms in total. The molecule has 2 unspecified atom stereocenters. The summed E-state index contributed by atoms with van der Waals surface area (Å²) < 4.78 is 16.9. The molecule has 3 aliphatic rings. The number of halogens is 2. The van der Waals surface area contributed by atoms with Crippen LogP contribution in [-0.4, -0.2) is 41.3 Å². The summed E-state index contributed by atoms with van der Waals surface area (Å²) in [6.45, 7) is 2.37. The molecular formula is C20H21ClFN3O3. The zero-order chi connectivity index (χ0) is 19.6. The quantitative estimate of drug-likeness (QED) is 0.821. The van der Waals surface area contributed by atoms with Crippen LogP contribution in [0.1, 0.15) is 42.1 Å².